The van der Waals surface area contributed by atoms with E-state index in [1.165, 1.54) is 24.3 Å². The fraction of sp³-hybridized carbons (Fsp3) is 0.167. The van der Waals surface area contributed by atoms with Crippen molar-refractivity contribution in [3.05, 3.63) is 94.5 Å². The number of benzene rings is 3. The van der Waals surface area contributed by atoms with Crippen LogP contribution in [0, 0.1) is 16.0 Å². The van der Waals surface area contributed by atoms with Crippen molar-refractivity contribution in [3.8, 4) is 5.75 Å². The lowest BCUT2D eigenvalue weighted by Gasteiger charge is -2.28. The molecule has 2 fully saturated rings. The van der Waals surface area contributed by atoms with Crippen LogP contribution in [0.3, 0.4) is 0 Å². The minimum atomic E-state index is -1.01. The molecule has 0 unspecified atom stereocenters. The topological polar surface area (TPSA) is 102 Å². The Morgan fingerprint density at radius 1 is 0.879 bits per heavy atom. The first kappa shape index (κ1) is 20.7. The van der Waals surface area contributed by atoms with Crippen molar-refractivity contribution in [2.24, 2.45) is 5.92 Å². The molecule has 3 atom stereocenters. The molecule has 9 heteroatoms. The summed E-state index contributed by atoms with van der Waals surface area (Å²) in [5.41, 5.74) is 1.66. The number of hydroxylamine groups is 1. The average Bonchev–Trinajstić information content (AvgIpc) is 3.35. The SMILES string of the molecule is COc1ccc(N2O[C@@H]3C(=O)N(c4ccc([N+](=O)[O-])cc4)C(=O)[C@@H]3[C@H]2c2ccccc2)cc1. The number of amides is 2. The molecule has 0 radical (unpaired) electrons. The number of rotatable bonds is 5. The highest BCUT2D eigenvalue weighted by atomic mass is 16.7. The van der Waals surface area contributed by atoms with Crippen LogP contribution in [0.4, 0.5) is 17.1 Å². The Bertz CT molecular complexity index is 1210. The Kier molecular flexibility index (Phi) is 5.02. The third kappa shape index (κ3) is 3.39. The van der Waals surface area contributed by atoms with Gasteiger partial charge in [0, 0.05) is 12.1 Å². The number of non-ortho nitro benzene ring substituents is 1. The first-order valence-corrected chi connectivity index (χ1v) is 10.3. The van der Waals surface area contributed by atoms with Crippen molar-refractivity contribution in [2.45, 2.75) is 12.1 Å². The second kappa shape index (κ2) is 8.03. The number of methoxy groups -OCH3 is 1. The normalized spacial score (nSPS) is 21.9. The lowest BCUT2D eigenvalue weighted by atomic mass is 9.90. The third-order valence-electron chi connectivity index (χ3n) is 5.90. The number of nitro benzene ring substituents is 1. The Morgan fingerprint density at radius 2 is 1.52 bits per heavy atom. The second-order valence-electron chi connectivity index (χ2n) is 7.72. The van der Waals surface area contributed by atoms with Gasteiger partial charge in [0.05, 0.1) is 29.4 Å². The highest BCUT2D eigenvalue weighted by Gasteiger charge is 2.60. The van der Waals surface area contributed by atoms with Crippen LogP contribution in [-0.4, -0.2) is 30.0 Å². The molecule has 2 saturated heterocycles. The number of nitro groups is 1. The molecule has 0 saturated carbocycles. The molecule has 2 aliphatic heterocycles. The van der Waals surface area contributed by atoms with Gasteiger partial charge in [0.25, 0.3) is 11.6 Å². The lowest BCUT2D eigenvalue weighted by molar-refractivity contribution is -0.384. The summed E-state index contributed by atoms with van der Waals surface area (Å²) in [6.45, 7) is 0. The third-order valence-corrected chi connectivity index (χ3v) is 5.90. The molecule has 0 N–H and O–H groups in total. The van der Waals surface area contributed by atoms with E-state index in [-0.39, 0.29) is 11.4 Å². The zero-order valence-corrected chi connectivity index (χ0v) is 17.5. The van der Waals surface area contributed by atoms with E-state index >= 15 is 0 Å². The maximum atomic E-state index is 13.5. The van der Waals surface area contributed by atoms with Crippen LogP contribution in [0.25, 0.3) is 0 Å². The molecule has 0 aliphatic carbocycles. The molecule has 9 nitrogen and oxygen atoms in total. The van der Waals surface area contributed by atoms with Gasteiger partial charge in [-0.25, -0.2) is 9.96 Å². The molecule has 33 heavy (non-hydrogen) atoms. The molecule has 0 aromatic heterocycles. The smallest absolute Gasteiger partial charge is 0.269 e. The van der Waals surface area contributed by atoms with Crippen LogP contribution in [0.15, 0.2) is 78.9 Å². The number of imide groups is 1. The quantitative estimate of drug-likeness (QED) is 0.336. The van der Waals surface area contributed by atoms with Gasteiger partial charge in [0.1, 0.15) is 11.7 Å². The van der Waals surface area contributed by atoms with Gasteiger partial charge in [-0.2, -0.15) is 0 Å². The van der Waals surface area contributed by atoms with E-state index in [4.69, 9.17) is 9.57 Å². The molecule has 2 aliphatic rings. The highest BCUT2D eigenvalue weighted by molar-refractivity contribution is 6.23. The van der Waals surface area contributed by atoms with Gasteiger partial charge in [-0.05, 0) is 42.0 Å². The lowest BCUT2D eigenvalue weighted by Crippen LogP contribution is -2.37. The van der Waals surface area contributed by atoms with E-state index in [9.17, 15) is 19.7 Å². The predicted molar refractivity (Wildman–Crippen MR) is 119 cm³/mol. The Balaban J connectivity index is 1.53. The van der Waals surface area contributed by atoms with Gasteiger partial charge in [-0.3, -0.25) is 24.5 Å². The molecule has 5 rings (SSSR count). The van der Waals surface area contributed by atoms with Crippen LogP contribution in [0.2, 0.25) is 0 Å². The predicted octanol–water partition coefficient (Wildman–Crippen LogP) is 3.65. The standard InChI is InChI=1S/C24H19N3O6/c1-32-19-13-11-17(12-14-19)26-21(15-5-3-2-4-6-15)20-22(33-26)24(29)25(23(20)28)16-7-9-18(10-8-16)27(30)31/h2-14,20-22H,1H3/t20-,21-,22+/m1/s1. The molecule has 2 heterocycles. The first-order chi connectivity index (χ1) is 16.0. The molecule has 2 amide bonds. The van der Waals surface area contributed by atoms with Crippen LogP contribution in [0.1, 0.15) is 11.6 Å². The van der Waals surface area contributed by atoms with Crippen molar-refractivity contribution in [3.63, 3.8) is 0 Å². The average molecular weight is 445 g/mol. The molecular formula is C24H19N3O6. The van der Waals surface area contributed by atoms with Crippen LogP contribution in [-0.2, 0) is 14.4 Å². The van der Waals surface area contributed by atoms with E-state index in [2.05, 4.69) is 0 Å². The van der Waals surface area contributed by atoms with Crippen LogP contribution in [0.5, 0.6) is 5.75 Å². The summed E-state index contributed by atoms with van der Waals surface area (Å²) in [6, 6.07) is 21.3. The maximum absolute atomic E-state index is 13.5. The Morgan fingerprint density at radius 3 is 2.12 bits per heavy atom. The summed E-state index contributed by atoms with van der Waals surface area (Å²) in [7, 11) is 1.57. The van der Waals surface area contributed by atoms with Crippen LogP contribution >= 0.6 is 0 Å². The van der Waals surface area contributed by atoms with E-state index in [1.807, 2.05) is 30.3 Å². The van der Waals surface area contributed by atoms with E-state index < -0.39 is 34.8 Å². The fourth-order valence-electron chi connectivity index (χ4n) is 4.33. The van der Waals surface area contributed by atoms with Gasteiger partial charge in [-0.15, -0.1) is 0 Å². The zero-order valence-electron chi connectivity index (χ0n) is 17.5. The second-order valence-corrected chi connectivity index (χ2v) is 7.72. The minimum Gasteiger partial charge on any atom is -0.497 e. The molecule has 0 spiro atoms. The van der Waals surface area contributed by atoms with Crippen molar-refractivity contribution < 1.29 is 24.1 Å². The fourth-order valence-corrected chi connectivity index (χ4v) is 4.33. The molecule has 166 valence electrons. The monoisotopic (exact) mass is 445 g/mol. The van der Waals surface area contributed by atoms with Crippen LogP contribution < -0.4 is 14.7 Å². The summed E-state index contributed by atoms with van der Waals surface area (Å²) >= 11 is 0. The summed E-state index contributed by atoms with van der Waals surface area (Å²) in [4.78, 5) is 44.4. The van der Waals surface area contributed by atoms with Crippen molar-refractivity contribution >= 4 is 28.9 Å². The number of fused-ring (bicyclic) bond motifs is 1. The van der Waals surface area contributed by atoms with Gasteiger partial charge in [0.2, 0.25) is 5.91 Å². The number of hydrogen-bond acceptors (Lipinski definition) is 7. The number of anilines is 2. The van der Waals surface area contributed by atoms with E-state index in [0.29, 0.717) is 11.4 Å². The number of carbonyl (C=O) groups excluding carboxylic acids is 2. The van der Waals surface area contributed by atoms with Crippen molar-refractivity contribution in [1.82, 2.24) is 0 Å². The van der Waals surface area contributed by atoms with Gasteiger partial charge in [-0.1, -0.05) is 30.3 Å². The first-order valence-electron chi connectivity index (χ1n) is 10.3. The summed E-state index contributed by atoms with van der Waals surface area (Å²) in [5, 5.41) is 12.6. The highest BCUT2D eigenvalue weighted by Crippen LogP contribution is 2.47. The van der Waals surface area contributed by atoms with Gasteiger partial charge >= 0.3 is 0 Å². The van der Waals surface area contributed by atoms with E-state index in [0.717, 1.165) is 10.5 Å². The summed E-state index contributed by atoms with van der Waals surface area (Å²) in [5.74, 6) is -1.03. The van der Waals surface area contributed by atoms with Gasteiger partial charge < -0.3 is 4.74 Å². The molecule has 0 bridgehead atoms. The number of hydrogen-bond donors (Lipinski definition) is 0. The number of ether oxygens (including phenoxy) is 1. The molecule has 3 aromatic carbocycles. The maximum Gasteiger partial charge on any atom is 0.269 e. The zero-order chi connectivity index (χ0) is 23.1. The van der Waals surface area contributed by atoms with E-state index in [1.54, 1.807) is 36.4 Å². The van der Waals surface area contributed by atoms with Crippen molar-refractivity contribution in [2.75, 3.05) is 17.1 Å². The summed E-state index contributed by atoms with van der Waals surface area (Å²) in [6.07, 6.45) is -1.01. The number of carbonyl (C=O) groups is 2. The Hall–Kier alpha value is -4.24. The molecular weight excluding hydrogens is 426 g/mol. The summed E-state index contributed by atoms with van der Waals surface area (Å²) < 4.78 is 5.22. The van der Waals surface area contributed by atoms with Gasteiger partial charge in [0.15, 0.2) is 6.10 Å². The van der Waals surface area contributed by atoms with Crippen molar-refractivity contribution in [1.29, 1.82) is 0 Å². The minimum absolute atomic E-state index is 0.123. The molecule has 3 aromatic rings. The number of nitrogens with zero attached hydrogens (tertiary/aromatic N) is 3. The largest absolute Gasteiger partial charge is 0.497 e. The Labute approximate surface area is 188 Å².